The second-order valence-corrected chi connectivity index (χ2v) is 9.79. The monoisotopic (exact) mass is 519 g/mol. The van der Waals surface area contributed by atoms with Gasteiger partial charge in [0.25, 0.3) is 0 Å². The van der Waals surface area contributed by atoms with Gasteiger partial charge in [0.15, 0.2) is 17.9 Å². The number of ketones is 2. The number of aliphatic hydroxyl groups excluding tert-OH is 1. The first kappa shape index (κ1) is 26.5. The van der Waals surface area contributed by atoms with E-state index in [1.807, 2.05) is 0 Å². The van der Waals surface area contributed by atoms with Crippen molar-refractivity contribution in [3.8, 4) is 11.5 Å². The molecule has 0 saturated carbocycles. The molecule has 2 aromatic rings. The predicted octanol–water partition coefficient (Wildman–Crippen LogP) is 2.26. The van der Waals surface area contributed by atoms with Crippen LogP contribution in [-0.2, 0) is 15.9 Å². The fraction of sp³-hybridized carbons (Fsp3) is 0.462. The van der Waals surface area contributed by atoms with E-state index in [1.54, 1.807) is 26.0 Å². The summed E-state index contributed by atoms with van der Waals surface area (Å²) in [6.45, 7) is 3.45. The van der Waals surface area contributed by atoms with Crippen LogP contribution in [0.15, 0.2) is 24.3 Å². The maximum absolute atomic E-state index is 13.3. The van der Waals surface area contributed by atoms with Gasteiger partial charge in [-0.25, -0.2) is 0 Å². The summed E-state index contributed by atoms with van der Waals surface area (Å²) >= 11 is 0. The van der Waals surface area contributed by atoms with E-state index in [2.05, 4.69) is 0 Å². The Balaban J connectivity index is 0.00000304. The first-order valence-corrected chi connectivity index (χ1v) is 11.8. The van der Waals surface area contributed by atoms with E-state index in [0.29, 0.717) is 6.42 Å². The highest BCUT2D eigenvalue weighted by Gasteiger charge is 2.46. The summed E-state index contributed by atoms with van der Waals surface area (Å²) in [5.74, 6) is -2.03. The molecular formula is C26H30ClNO8. The molecule has 10 heteroatoms. The first-order chi connectivity index (χ1) is 16.6. The Hall–Kier alpha value is -2.53. The van der Waals surface area contributed by atoms with Gasteiger partial charge in [0.2, 0.25) is 0 Å². The largest absolute Gasteiger partial charge is 0.507 e. The molecule has 0 radical (unpaired) electrons. The van der Waals surface area contributed by atoms with Crippen molar-refractivity contribution in [2.75, 3.05) is 0 Å². The molecule has 1 heterocycles. The zero-order chi connectivity index (χ0) is 25.2. The predicted molar refractivity (Wildman–Crippen MR) is 131 cm³/mol. The zero-order valence-corrected chi connectivity index (χ0v) is 20.7. The molecule has 1 saturated heterocycles. The van der Waals surface area contributed by atoms with Crippen molar-refractivity contribution in [3.63, 3.8) is 0 Å². The van der Waals surface area contributed by atoms with Gasteiger partial charge in [-0.1, -0.05) is 31.2 Å². The standard InChI is InChI=1S/C26H29NO8.ClH/c1-3-26(33)9-14-18(16(10-26)35-17-8-15(27)21(28)11(2)34-17)25(32)20-19(24(14)31)22(29)12-6-4-5-7-13(12)23(20)30;/h4-7,11,15-17,21,28,31-33H,3,8-10,27H2,1-2H3;1H/t11-,15-,16-,17-,21-,26+;/m0./s1. The maximum Gasteiger partial charge on any atom is 0.198 e. The van der Waals surface area contributed by atoms with Crippen LogP contribution in [0.5, 0.6) is 11.5 Å². The van der Waals surface area contributed by atoms with E-state index in [1.165, 1.54) is 12.1 Å². The quantitative estimate of drug-likeness (QED) is 0.327. The third-order valence-corrected chi connectivity index (χ3v) is 7.58. The number of aromatic hydroxyl groups is 2. The number of hydrogen-bond acceptors (Lipinski definition) is 9. The van der Waals surface area contributed by atoms with Gasteiger partial charge in [0.1, 0.15) is 11.5 Å². The fourth-order valence-electron chi connectivity index (χ4n) is 5.50. The average molecular weight is 520 g/mol. The minimum Gasteiger partial charge on any atom is -0.507 e. The van der Waals surface area contributed by atoms with Crippen LogP contribution < -0.4 is 5.73 Å². The van der Waals surface area contributed by atoms with E-state index < -0.39 is 59.3 Å². The van der Waals surface area contributed by atoms with Crippen molar-refractivity contribution in [1.82, 2.24) is 0 Å². The van der Waals surface area contributed by atoms with Crippen LogP contribution in [0.1, 0.15) is 82.2 Å². The molecule has 2 aromatic carbocycles. The number of halogens is 1. The molecule has 0 unspecified atom stereocenters. The summed E-state index contributed by atoms with van der Waals surface area (Å²) in [7, 11) is 0. The lowest BCUT2D eigenvalue weighted by atomic mass is 9.72. The van der Waals surface area contributed by atoms with Crippen molar-refractivity contribution in [3.05, 3.63) is 57.6 Å². The number of nitrogens with two attached hydrogens (primary N) is 1. The number of carbonyl (C=O) groups excluding carboxylic acids is 2. The van der Waals surface area contributed by atoms with Gasteiger partial charge in [-0.2, -0.15) is 0 Å². The molecule has 9 nitrogen and oxygen atoms in total. The Labute approximate surface area is 214 Å². The lowest BCUT2D eigenvalue weighted by Gasteiger charge is -2.42. The van der Waals surface area contributed by atoms with Crippen LogP contribution in [0, 0.1) is 0 Å². The average Bonchev–Trinajstić information content (AvgIpc) is 2.83. The van der Waals surface area contributed by atoms with Gasteiger partial charge in [-0.05, 0) is 13.3 Å². The van der Waals surface area contributed by atoms with Crippen LogP contribution in [0.3, 0.4) is 0 Å². The van der Waals surface area contributed by atoms with E-state index >= 15 is 0 Å². The van der Waals surface area contributed by atoms with Crippen LogP contribution in [0.4, 0.5) is 0 Å². The molecule has 0 amide bonds. The number of hydrogen-bond donors (Lipinski definition) is 5. The summed E-state index contributed by atoms with van der Waals surface area (Å²) in [6.07, 6.45) is -2.76. The second-order valence-electron chi connectivity index (χ2n) is 9.79. The number of carbonyl (C=O) groups is 2. The van der Waals surface area contributed by atoms with E-state index in [-0.39, 0.29) is 65.1 Å². The molecule has 1 aliphatic heterocycles. The lowest BCUT2D eigenvalue weighted by molar-refractivity contribution is -0.247. The summed E-state index contributed by atoms with van der Waals surface area (Å²) in [6, 6.07) is 5.65. The molecule has 0 aromatic heterocycles. The van der Waals surface area contributed by atoms with E-state index in [4.69, 9.17) is 15.2 Å². The van der Waals surface area contributed by atoms with Crippen LogP contribution in [0.2, 0.25) is 0 Å². The first-order valence-electron chi connectivity index (χ1n) is 11.8. The Morgan fingerprint density at radius 3 is 2.25 bits per heavy atom. The van der Waals surface area contributed by atoms with Crippen molar-refractivity contribution < 1.29 is 39.5 Å². The highest BCUT2D eigenvalue weighted by molar-refractivity contribution is 6.30. The third kappa shape index (κ3) is 4.00. The van der Waals surface area contributed by atoms with Crippen LogP contribution >= 0.6 is 12.4 Å². The summed E-state index contributed by atoms with van der Waals surface area (Å²) in [5, 5.41) is 44.0. The Morgan fingerprint density at radius 2 is 1.69 bits per heavy atom. The van der Waals surface area contributed by atoms with Crippen molar-refractivity contribution in [1.29, 1.82) is 0 Å². The fourth-order valence-corrected chi connectivity index (χ4v) is 5.50. The normalized spacial score (nSPS) is 31.2. The number of aliphatic hydroxyl groups is 2. The van der Waals surface area contributed by atoms with Gasteiger partial charge in [-0.3, -0.25) is 9.59 Å². The van der Waals surface area contributed by atoms with Gasteiger partial charge in [0.05, 0.1) is 35.0 Å². The highest BCUT2D eigenvalue weighted by atomic mass is 35.5. The number of ether oxygens (including phenoxy) is 2. The molecular weight excluding hydrogens is 490 g/mol. The van der Waals surface area contributed by atoms with Crippen molar-refractivity contribution in [2.24, 2.45) is 5.73 Å². The SMILES string of the molecule is CC[C@@]1(O)Cc2c(O)c3c(c(O)c2[C@@H](O[C@H]2C[C@H](N)[C@@H](O)[C@H](C)O2)C1)C(=O)c1ccccc1C3=O.Cl. The smallest absolute Gasteiger partial charge is 0.198 e. The minimum absolute atomic E-state index is 0. The molecule has 0 bridgehead atoms. The molecule has 0 spiro atoms. The molecule has 6 N–H and O–H groups in total. The van der Waals surface area contributed by atoms with Crippen LogP contribution in [0.25, 0.3) is 0 Å². The number of fused-ring (bicyclic) bond motifs is 3. The molecule has 36 heavy (non-hydrogen) atoms. The van der Waals surface area contributed by atoms with Gasteiger partial charge < -0.3 is 35.6 Å². The van der Waals surface area contributed by atoms with Crippen molar-refractivity contribution in [2.45, 2.75) is 75.8 Å². The molecule has 194 valence electrons. The Morgan fingerprint density at radius 1 is 1.11 bits per heavy atom. The molecule has 6 atom stereocenters. The number of phenolic OH excluding ortho intramolecular Hbond substituents is 2. The molecule has 3 aliphatic rings. The zero-order valence-electron chi connectivity index (χ0n) is 19.9. The summed E-state index contributed by atoms with van der Waals surface area (Å²) in [4.78, 5) is 26.6. The van der Waals surface area contributed by atoms with Crippen molar-refractivity contribution >= 4 is 24.0 Å². The van der Waals surface area contributed by atoms with Gasteiger partial charge in [-0.15, -0.1) is 12.4 Å². The summed E-state index contributed by atoms with van der Waals surface area (Å²) < 4.78 is 11.9. The van der Waals surface area contributed by atoms with Gasteiger partial charge in [0, 0.05) is 47.6 Å². The summed E-state index contributed by atoms with van der Waals surface area (Å²) in [5.41, 5.74) is 4.79. The Bertz CT molecular complexity index is 1220. The topological polar surface area (TPSA) is 160 Å². The van der Waals surface area contributed by atoms with E-state index in [0.717, 1.165) is 0 Å². The number of rotatable bonds is 3. The van der Waals surface area contributed by atoms with Crippen LogP contribution in [-0.4, -0.2) is 62.1 Å². The van der Waals surface area contributed by atoms with Gasteiger partial charge >= 0.3 is 0 Å². The Kier molecular flexibility index (Phi) is 6.93. The maximum atomic E-state index is 13.3. The molecule has 5 rings (SSSR count). The van der Waals surface area contributed by atoms with E-state index in [9.17, 15) is 30.0 Å². The highest BCUT2D eigenvalue weighted by Crippen LogP contribution is 2.52. The number of phenols is 2. The second kappa shape index (κ2) is 9.41. The third-order valence-electron chi connectivity index (χ3n) is 7.58. The lowest BCUT2D eigenvalue weighted by Crippen LogP contribution is -2.52. The molecule has 2 aliphatic carbocycles. The number of benzene rings is 2. The molecule has 1 fully saturated rings. The minimum atomic E-state index is -1.29.